The van der Waals surface area contributed by atoms with E-state index in [1.807, 2.05) is 18.3 Å². The second-order valence-electron chi connectivity index (χ2n) is 9.16. The number of carbonyl (C=O) groups is 1. The highest BCUT2D eigenvalue weighted by Gasteiger charge is 2.33. The molecule has 35 heavy (non-hydrogen) atoms. The van der Waals surface area contributed by atoms with Gasteiger partial charge >= 0.3 is 0 Å². The molecule has 0 amide bonds. The predicted octanol–water partition coefficient (Wildman–Crippen LogP) is 2.72. The fourth-order valence-electron chi connectivity index (χ4n) is 5.20. The van der Waals surface area contributed by atoms with Crippen molar-refractivity contribution >= 4 is 34.3 Å². The van der Waals surface area contributed by atoms with Gasteiger partial charge in [-0.1, -0.05) is 0 Å². The maximum Gasteiger partial charge on any atom is 0.263 e. The smallest absolute Gasteiger partial charge is 0.263 e. The summed E-state index contributed by atoms with van der Waals surface area (Å²) in [5.41, 5.74) is 1.79. The number of aryl methyl sites for hydroxylation is 1. The molecule has 10 nitrogen and oxygen atoms in total. The first kappa shape index (κ1) is 22.9. The molecule has 0 spiro atoms. The Morgan fingerprint density at radius 1 is 1.20 bits per heavy atom. The third kappa shape index (κ3) is 4.23. The van der Waals surface area contributed by atoms with E-state index < -0.39 is 5.56 Å². The molecule has 3 aromatic rings. The van der Waals surface area contributed by atoms with E-state index in [0.29, 0.717) is 34.8 Å². The largest absolute Gasteiger partial charge is 0.368 e. The maximum atomic E-state index is 13.5. The number of fused-ring (bicyclic) bond motifs is 1. The van der Waals surface area contributed by atoms with Gasteiger partial charge in [0.1, 0.15) is 11.5 Å². The van der Waals surface area contributed by atoms with E-state index in [1.165, 1.54) is 6.92 Å². The minimum Gasteiger partial charge on any atom is -0.368 e. The first-order valence-corrected chi connectivity index (χ1v) is 12.0. The van der Waals surface area contributed by atoms with Gasteiger partial charge in [0.05, 0.1) is 35.5 Å². The molecule has 3 aromatic heterocycles. The second kappa shape index (κ2) is 9.43. The van der Waals surface area contributed by atoms with Crippen molar-refractivity contribution in [1.29, 1.82) is 5.26 Å². The molecule has 2 atom stereocenters. The van der Waals surface area contributed by atoms with Gasteiger partial charge in [-0.2, -0.15) is 10.2 Å². The van der Waals surface area contributed by atoms with Crippen LogP contribution >= 0.6 is 0 Å². The lowest BCUT2D eigenvalue weighted by molar-refractivity contribution is 0.101. The highest BCUT2D eigenvalue weighted by Crippen LogP contribution is 2.36. The standard InChI is InChI=1S/C25H28N8O2/c1-15-19-14-29-25(30-21-7-6-18(13-28-21)32-10-8-27-9-11-32)31-23(19)33(24(35)22(15)16(2)34)20-5-3-4-17(20)12-26/h6-7,13-14,17,20,27H,3-5,8-11H2,1-2H3,(H,28,29,30,31)/t17-,20-/m1/s1. The van der Waals surface area contributed by atoms with Gasteiger partial charge < -0.3 is 15.5 Å². The summed E-state index contributed by atoms with van der Waals surface area (Å²) in [5.74, 6) is 0.286. The Morgan fingerprint density at radius 2 is 2.00 bits per heavy atom. The molecular formula is C25H28N8O2. The average Bonchev–Trinajstić information content (AvgIpc) is 3.33. The number of anilines is 3. The number of Topliss-reactive ketones (excluding diaryl/α,β-unsaturated/α-hetero) is 1. The van der Waals surface area contributed by atoms with Crippen LogP contribution in [-0.4, -0.2) is 51.5 Å². The molecule has 0 aromatic carbocycles. The highest BCUT2D eigenvalue weighted by atomic mass is 16.1. The summed E-state index contributed by atoms with van der Waals surface area (Å²) >= 11 is 0. The van der Waals surface area contributed by atoms with E-state index in [-0.39, 0.29) is 23.3 Å². The molecule has 180 valence electrons. The van der Waals surface area contributed by atoms with E-state index in [1.54, 1.807) is 17.7 Å². The third-order valence-electron chi connectivity index (χ3n) is 7.01. The SMILES string of the molecule is CC(=O)c1c(C)c2cnc(Nc3ccc(N4CCNCC4)cn3)nc2n([C@@H]2CCC[C@@H]2C#N)c1=O. The van der Waals surface area contributed by atoms with E-state index in [0.717, 1.165) is 44.7 Å². The first-order chi connectivity index (χ1) is 17.0. The fraction of sp³-hybridized carbons (Fsp3) is 0.440. The third-order valence-corrected chi connectivity index (χ3v) is 7.01. The van der Waals surface area contributed by atoms with Crippen LogP contribution in [0.5, 0.6) is 0 Å². The van der Waals surface area contributed by atoms with Crippen molar-refractivity contribution in [3.63, 3.8) is 0 Å². The first-order valence-electron chi connectivity index (χ1n) is 12.0. The van der Waals surface area contributed by atoms with Gasteiger partial charge in [-0.25, -0.2) is 9.97 Å². The van der Waals surface area contributed by atoms with Crippen LogP contribution in [0.25, 0.3) is 11.0 Å². The minimum absolute atomic E-state index is 0.135. The number of hydrogen-bond donors (Lipinski definition) is 2. The Hall–Kier alpha value is -3.84. The van der Waals surface area contributed by atoms with Gasteiger partial charge in [-0.3, -0.25) is 14.2 Å². The van der Waals surface area contributed by atoms with Crippen molar-refractivity contribution in [3.05, 3.63) is 46.0 Å². The van der Waals surface area contributed by atoms with Crippen molar-refractivity contribution in [2.75, 3.05) is 36.4 Å². The van der Waals surface area contributed by atoms with Crippen LogP contribution in [0, 0.1) is 24.2 Å². The molecule has 1 aliphatic heterocycles. The zero-order valence-electron chi connectivity index (χ0n) is 19.9. The molecule has 1 saturated heterocycles. The Balaban J connectivity index is 1.54. The Kier molecular flexibility index (Phi) is 6.17. The molecule has 2 fully saturated rings. The van der Waals surface area contributed by atoms with Crippen LogP contribution < -0.4 is 21.1 Å². The summed E-state index contributed by atoms with van der Waals surface area (Å²) < 4.78 is 1.55. The average molecular weight is 473 g/mol. The van der Waals surface area contributed by atoms with Gasteiger partial charge in [-0.05, 0) is 50.8 Å². The van der Waals surface area contributed by atoms with E-state index in [2.05, 4.69) is 36.6 Å². The van der Waals surface area contributed by atoms with Crippen molar-refractivity contribution in [3.8, 4) is 6.07 Å². The normalized spacial score (nSPS) is 20.1. The molecule has 2 N–H and O–H groups in total. The van der Waals surface area contributed by atoms with E-state index in [4.69, 9.17) is 0 Å². The number of pyridine rings is 2. The van der Waals surface area contributed by atoms with Crippen molar-refractivity contribution in [2.45, 2.75) is 39.2 Å². The van der Waals surface area contributed by atoms with Gasteiger partial charge in [0.15, 0.2) is 5.78 Å². The maximum absolute atomic E-state index is 13.5. The molecular weight excluding hydrogens is 444 g/mol. The van der Waals surface area contributed by atoms with Crippen LogP contribution in [0.4, 0.5) is 17.5 Å². The molecule has 5 rings (SSSR count). The van der Waals surface area contributed by atoms with Crippen molar-refractivity contribution in [1.82, 2.24) is 24.8 Å². The zero-order valence-corrected chi connectivity index (χ0v) is 19.9. The van der Waals surface area contributed by atoms with Crippen LogP contribution in [-0.2, 0) is 0 Å². The summed E-state index contributed by atoms with van der Waals surface area (Å²) in [7, 11) is 0. The zero-order chi connectivity index (χ0) is 24.5. The Labute approximate surface area is 203 Å². The molecule has 10 heteroatoms. The molecule has 0 radical (unpaired) electrons. The topological polar surface area (TPSA) is 129 Å². The number of aromatic nitrogens is 4. The number of nitrogens with one attached hydrogen (secondary N) is 2. The lowest BCUT2D eigenvalue weighted by Crippen LogP contribution is -2.43. The van der Waals surface area contributed by atoms with Gasteiger partial charge in [-0.15, -0.1) is 0 Å². The number of nitriles is 1. The summed E-state index contributed by atoms with van der Waals surface area (Å²) in [5, 5.41) is 16.8. The van der Waals surface area contributed by atoms with Crippen LogP contribution in [0.1, 0.15) is 48.1 Å². The number of hydrogen-bond acceptors (Lipinski definition) is 9. The Morgan fingerprint density at radius 3 is 2.69 bits per heavy atom. The molecule has 1 aliphatic carbocycles. The van der Waals surface area contributed by atoms with Crippen molar-refractivity contribution in [2.24, 2.45) is 5.92 Å². The minimum atomic E-state index is -0.391. The Bertz CT molecular complexity index is 1370. The quantitative estimate of drug-likeness (QED) is 0.538. The number of piperazine rings is 1. The van der Waals surface area contributed by atoms with Gasteiger partial charge in [0, 0.05) is 37.8 Å². The fourth-order valence-corrected chi connectivity index (χ4v) is 5.20. The van der Waals surface area contributed by atoms with Gasteiger partial charge in [0.2, 0.25) is 5.95 Å². The molecule has 2 aliphatic rings. The number of nitrogens with zero attached hydrogens (tertiary/aromatic N) is 6. The second-order valence-corrected chi connectivity index (χ2v) is 9.16. The van der Waals surface area contributed by atoms with Crippen LogP contribution in [0.15, 0.2) is 29.3 Å². The molecule has 0 unspecified atom stereocenters. The lowest BCUT2D eigenvalue weighted by Gasteiger charge is -2.29. The van der Waals surface area contributed by atoms with E-state index >= 15 is 0 Å². The van der Waals surface area contributed by atoms with Gasteiger partial charge in [0.25, 0.3) is 5.56 Å². The molecule has 4 heterocycles. The number of carbonyl (C=O) groups excluding carboxylic acids is 1. The predicted molar refractivity (Wildman–Crippen MR) is 133 cm³/mol. The van der Waals surface area contributed by atoms with Crippen LogP contribution in [0.3, 0.4) is 0 Å². The van der Waals surface area contributed by atoms with Crippen molar-refractivity contribution < 1.29 is 4.79 Å². The summed E-state index contributed by atoms with van der Waals surface area (Å²) in [4.78, 5) is 41.7. The molecule has 1 saturated carbocycles. The monoisotopic (exact) mass is 472 g/mol. The lowest BCUT2D eigenvalue weighted by atomic mass is 10.0. The number of ketones is 1. The highest BCUT2D eigenvalue weighted by molar-refractivity contribution is 5.99. The number of rotatable bonds is 5. The summed E-state index contributed by atoms with van der Waals surface area (Å²) in [6, 6.07) is 5.90. The summed E-state index contributed by atoms with van der Waals surface area (Å²) in [6.45, 7) is 6.91. The summed E-state index contributed by atoms with van der Waals surface area (Å²) in [6.07, 6.45) is 5.71. The molecule has 0 bridgehead atoms. The van der Waals surface area contributed by atoms with E-state index in [9.17, 15) is 14.9 Å². The van der Waals surface area contributed by atoms with Crippen LogP contribution in [0.2, 0.25) is 0 Å².